The monoisotopic (exact) mass is 177 g/mol. The summed E-state index contributed by atoms with van der Waals surface area (Å²) in [5.74, 6) is 0.895. The van der Waals surface area contributed by atoms with Crippen molar-refractivity contribution in [3.05, 3.63) is 35.9 Å². The van der Waals surface area contributed by atoms with Gasteiger partial charge in [0.25, 0.3) is 0 Å². The van der Waals surface area contributed by atoms with E-state index in [1.165, 1.54) is 0 Å². The first-order valence-electron chi connectivity index (χ1n) is 4.32. The van der Waals surface area contributed by atoms with Crippen molar-refractivity contribution in [2.75, 3.05) is 20.7 Å². The molecular formula is C11H15NO. The summed E-state index contributed by atoms with van der Waals surface area (Å²) in [4.78, 5) is 0. The molecule has 0 aliphatic rings. The van der Waals surface area contributed by atoms with Gasteiger partial charge in [0.15, 0.2) is 0 Å². The summed E-state index contributed by atoms with van der Waals surface area (Å²) in [5.41, 5.74) is 1.16. The lowest BCUT2D eigenvalue weighted by Gasteiger charge is -1.99. The van der Waals surface area contributed by atoms with E-state index in [0.29, 0.717) is 0 Å². The number of methoxy groups -OCH3 is 1. The summed E-state index contributed by atoms with van der Waals surface area (Å²) in [6.45, 7) is 0.886. The van der Waals surface area contributed by atoms with E-state index in [1.54, 1.807) is 7.11 Å². The molecule has 0 unspecified atom stereocenters. The first-order chi connectivity index (χ1) is 6.36. The zero-order valence-electron chi connectivity index (χ0n) is 8.08. The van der Waals surface area contributed by atoms with Crippen LogP contribution in [0.4, 0.5) is 0 Å². The van der Waals surface area contributed by atoms with E-state index in [4.69, 9.17) is 4.74 Å². The highest BCUT2D eigenvalue weighted by molar-refractivity contribution is 5.51. The molecule has 0 atom stereocenters. The molecule has 13 heavy (non-hydrogen) atoms. The molecule has 0 radical (unpaired) electrons. The molecule has 1 aromatic carbocycles. The Morgan fingerprint density at radius 2 is 2.31 bits per heavy atom. The molecule has 70 valence electrons. The van der Waals surface area contributed by atoms with Gasteiger partial charge in [0.05, 0.1) is 7.11 Å². The van der Waals surface area contributed by atoms with Crippen LogP contribution < -0.4 is 10.1 Å². The molecule has 0 heterocycles. The van der Waals surface area contributed by atoms with Crippen molar-refractivity contribution in [1.29, 1.82) is 0 Å². The summed E-state index contributed by atoms with van der Waals surface area (Å²) in [7, 11) is 3.60. The SMILES string of the molecule is CNCC=Cc1cccc(OC)c1. The molecule has 0 spiro atoms. The van der Waals surface area contributed by atoms with Crippen molar-refractivity contribution in [1.82, 2.24) is 5.32 Å². The highest BCUT2D eigenvalue weighted by atomic mass is 16.5. The maximum atomic E-state index is 5.11. The van der Waals surface area contributed by atoms with Crippen LogP contribution in [0.15, 0.2) is 30.3 Å². The van der Waals surface area contributed by atoms with E-state index in [2.05, 4.69) is 23.5 Å². The van der Waals surface area contributed by atoms with Gasteiger partial charge in [0.1, 0.15) is 5.75 Å². The van der Waals surface area contributed by atoms with Crippen molar-refractivity contribution in [3.8, 4) is 5.75 Å². The van der Waals surface area contributed by atoms with Gasteiger partial charge in [-0.3, -0.25) is 0 Å². The van der Waals surface area contributed by atoms with Gasteiger partial charge < -0.3 is 10.1 Å². The van der Waals surface area contributed by atoms with Gasteiger partial charge >= 0.3 is 0 Å². The number of rotatable bonds is 4. The highest BCUT2D eigenvalue weighted by Crippen LogP contribution is 2.13. The normalized spacial score (nSPS) is 10.6. The Morgan fingerprint density at radius 1 is 1.46 bits per heavy atom. The Hall–Kier alpha value is -1.28. The summed E-state index contributed by atoms with van der Waals surface area (Å²) in [5, 5.41) is 3.05. The first kappa shape index (κ1) is 9.81. The number of likely N-dealkylation sites (N-methyl/N-ethyl adjacent to an activating group) is 1. The van der Waals surface area contributed by atoms with Crippen molar-refractivity contribution < 1.29 is 4.74 Å². The lowest BCUT2D eigenvalue weighted by Crippen LogP contribution is -2.03. The quantitative estimate of drug-likeness (QED) is 0.758. The van der Waals surface area contributed by atoms with Crippen molar-refractivity contribution >= 4 is 6.08 Å². The summed E-state index contributed by atoms with van der Waals surface area (Å²) in [6.07, 6.45) is 4.15. The van der Waals surface area contributed by atoms with Crippen LogP contribution in [-0.4, -0.2) is 20.7 Å². The molecule has 0 saturated carbocycles. The number of ether oxygens (including phenoxy) is 1. The molecule has 2 nitrogen and oxygen atoms in total. The Morgan fingerprint density at radius 3 is 3.00 bits per heavy atom. The third kappa shape index (κ3) is 3.30. The molecule has 0 aromatic heterocycles. The van der Waals surface area contributed by atoms with Crippen LogP contribution >= 0.6 is 0 Å². The van der Waals surface area contributed by atoms with Crippen molar-refractivity contribution in [2.24, 2.45) is 0 Å². The van der Waals surface area contributed by atoms with Crippen molar-refractivity contribution in [2.45, 2.75) is 0 Å². The predicted molar refractivity (Wildman–Crippen MR) is 56.0 cm³/mol. The Bertz CT molecular complexity index is 281. The van der Waals surface area contributed by atoms with Gasteiger partial charge in [-0.05, 0) is 24.7 Å². The zero-order chi connectivity index (χ0) is 9.52. The van der Waals surface area contributed by atoms with Crippen LogP contribution in [0.5, 0.6) is 5.75 Å². The molecule has 0 aliphatic heterocycles. The fourth-order valence-electron chi connectivity index (χ4n) is 1.06. The van der Waals surface area contributed by atoms with E-state index in [1.807, 2.05) is 25.2 Å². The second-order valence-electron chi connectivity index (χ2n) is 2.74. The first-order valence-corrected chi connectivity index (χ1v) is 4.32. The standard InChI is InChI=1S/C11H15NO/c1-12-8-4-6-10-5-3-7-11(9-10)13-2/h3-7,9,12H,8H2,1-2H3. The Kier molecular flexibility index (Phi) is 4.06. The number of nitrogens with one attached hydrogen (secondary N) is 1. The third-order valence-electron chi connectivity index (χ3n) is 1.73. The minimum absolute atomic E-state index is 0.886. The maximum Gasteiger partial charge on any atom is 0.119 e. The minimum atomic E-state index is 0.886. The maximum absolute atomic E-state index is 5.11. The molecule has 1 rings (SSSR count). The van der Waals surface area contributed by atoms with Gasteiger partial charge in [0, 0.05) is 6.54 Å². The summed E-state index contributed by atoms with van der Waals surface area (Å²) >= 11 is 0. The topological polar surface area (TPSA) is 21.3 Å². The van der Waals surface area contributed by atoms with Gasteiger partial charge in [-0.25, -0.2) is 0 Å². The van der Waals surface area contributed by atoms with Crippen LogP contribution in [0.1, 0.15) is 5.56 Å². The van der Waals surface area contributed by atoms with Crippen LogP contribution in [-0.2, 0) is 0 Å². The Labute approximate surface area is 79.2 Å². The fraction of sp³-hybridized carbons (Fsp3) is 0.273. The van der Waals surface area contributed by atoms with E-state index in [9.17, 15) is 0 Å². The van der Waals surface area contributed by atoms with E-state index in [0.717, 1.165) is 17.9 Å². The zero-order valence-corrected chi connectivity index (χ0v) is 8.08. The molecule has 0 saturated heterocycles. The summed E-state index contributed by atoms with van der Waals surface area (Å²) in [6, 6.07) is 7.98. The highest BCUT2D eigenvalue weighted by Gasteiger charge is 1.90. The predicted octanol–water partition coefficient (Wildman–Crippen LogP) is 1.93. The van der Waals surface area contributed by atoms with Crippen LogP contribution in [0, 0.1) is 0 Å². The number of benzene rings is 1. The van der Waals surface area contributed by atoms with E-state index < -0.39 is 0 Å². The largest absolute Gasteiger partial charge is 0.497 e. The molecule has 0 aliphatic carbocycles. The smallest absolute Gasteiger partial charge is 0.119 e. The van der Waals surface area contributed by atoms with Crippen LogP contribution in [0.3, 0.4) is 0 Å². The lowest BCUT2D eigenvalue weighted by molar-refractivity contribution is 0.414. The molecule has 0 bridgehead atoms. The lowest BCUT2D eigenvalue weighted by atomic mass is 10.2. The molecule has 1 aromatic rings. The van der Waals surface area contributed by atoms with E-state index >= 15 is 0 Å². The second-order valence-corrected chi connectivity index (χ2v) is 2.74. The molecule has 2 heteroatoms. The number of hydrogen-bond donors (Lipinski definition) is 1. The van der Waals surface area contributed by atoms with Gasteiger partial charge in [-0.2, -0.15) is 0 Å². The molecular weight excluding hydrogens is 162 g/mol. The van der Waals surface area contributed by atoms with Crippen LogP contribution in [0.2, 0.25) is 0 Å². The third-order valence-corrected chi connectivity index (χ3v) is 1.73. The Balaban J connectivity index is 2.66. The molecule has 1 N–H and O–H groups in total. The number of hydrogen-bond acceptors (Lipinski definition) is 2. The van der Waals surface area contributed by atoms with E-state index in [-0.39, 0.29) is 0 Å². The van der Waals surface area contributed by atoms with Crippen LogP contribution in [0.25, 0.3) is 6.08 Å². The second kappa shape index (κ2) is 5.38. The van der Waals surface area contributed by atoms with Gasteiger partial charge in [0.2, 0.25) is 0 Å². The van der Waals surface area contributed by atoms with Gasteiger partial charge in [-0.15, -0.1) is 0 Å². The van der Waals surface area contributed by atoms with Gasteiger partial charge in [-0.1, -0.05) is 24.3 Å². The molecule has 0 amide bonds. The summed E-state index contributed by atoms with van der Waals surface area (Å²) < 4.78 is 5.11. The average Bonchev–Trinajstić information content (AvgIpc) is 2.19. The molecule has 0 fully saturated rings. The van der Waals surface area contributed by atoms with Crippen molar-refractivity contribution in [3.63, 3.8) is 0 Å². The average molecular weight is 177 g/mol. The minimum Gasteiger partial charge on any atom is -0.497 e. The fourth-order valence-corrected chi connectivity index (χ4v) is 1.06.